The van der Waals surface area contributed by atoms with E-state index in [1.165, 1.54) is 109 Å². The number of rotatable bonds is 18. The van der Waals surface area contributed by atoms with Crippen molar-refractivity contribution < 1.29 is 18.9 Å². The van der Waals surface area contributed by atoms with Gasteiger partial charge < -0.3 is 9.79 Å². The summed E-state index contributed by atoms with van der Waals surface area (Å²) >= 11 is 0. The zero-order valence-electron chi connectivity index (χ0n) is 17.6. The minimum absolute atomic E-state index is 0.171. The molecule has 0 bridgehead atoms. The van der Waals surface area contributed by atoms with Crippen LogP contribution >= 0.6 is 7.82 Å². The zero-order valence-corrected chi connectivity index (χ0v) is 18.5. The molecule has 0 heterocycles. The first-order valence-corrected chi connectivity index (χ1v) is 13.3. The molecule has 5 heteroatoms. The molecular weight excluding hydrogens is 359 g/mol. The lowest BCUT2D eigenvalue weighted by molar-refractivity contribution is 0.193. The molecule has 0 unspecified atom stereocenters. The summed E-state index contributed by atoms with van der Waals surface area (Å²) in [6.07, 6.45) is 27.1. The Morgan fingerprint density at radius 3 is 1.48 bits per heavy atom. The fraction of sp³-hybridized carbons (Fsp3) is 1.00. The van der Waals surface area contributed by atoms with Crippen LogP contribution in [0.1, 0.15) is 128 Å². The maximum absolute atomic E-state index is 10.5. The van der Waals surface area contributed by atoms with Crippen LogP contribution in [-0.4, -0.2) is 16.4 Å². The summed E-state index contributed by atoms with van der Waals surface area (Å²) in [5.41, 5.74) is 0. The van der Waals surface area contributed by atoms with Gasteiger partial charge >= 0.3 is 7.82 Å². The van der Waals surface area contributed by atoms with Crippen LogP contribution in [0.4, 0.5) is 0 Å². The molecule has 0 atom stereocenters. The van der Waals surface area contributed by atoms with Gasteiger partial charge in [0.1, 0.15) is 0 Å². The predicted octanol–water partition coefficient (Wildman–Crippen LogP) is 7.53. The van der Waals surface area contributed by atoms with Gasteiger partial charge in [-0.1, -0.05) is 122 Å². The van der Waals surface area contributed by atoms with Gasteiger partial charge in [0.2, 0.25) is 0 Å². The van der Waals surface area contributed by atoms with Crippen molar-refractivity contribution in [1.82, 2.24) is 0 Å². The first-order valence-electron chi connectivity index (χ1n) is 11.8. The molecule has 1 aliphatic rings. The summed E-state index contributed by atoms with van der Waals surface area (Å²) in [6.45, 7) is 0.171. The van der Waals surface area contributed by atoms with Crippen LogP contribution in [0.2, 0.25) is 0 Å². The van der Waals surface area contributed by atoms with Crippen molar-refractivity contribution in [3.63, 3.8) is 0 Å². The van der Waals surface area contributed by atoms with E-state index in [1.54, 1.807) is 0 Å². The molecule has 1 rings (SSSR count). The van der Waals surface area contributed by atoms with Crippen molar-refractivity contribution in [1.29, 1.82) is 0 Å². The standard InChI is InChI=1S/C22H45O4P/c23-27(24,25)26-21-17-12-10-8-6-4-2-1-3-5-7-9-11-14-18-22-19-15-13-16-20-22/h22H,1-21H2,(H2,23,24,25). The number of hydrogen-bond acceptors (Lipinski definition) is 2. The highest BCUT2D eigenvalue weighted by Gasteiger charge is 2.13. The van der Waals surface area contributed by atoms with Crippen molar-refractivity contribution in [2.45, 2.75) is 128 Å². The molecular formula is C22H45O4P. The van der Waals surface area contributed by atoms with Gasteiger partial charge in [-0.2, -0.15) is 0 Å². The van der Waals surface area contributed by atoms with E-state index in [0.717, 1.165) is 25.2 Å². The van der Waals surface area contributed by atoms with Crippen LogP contribution in [0, 0.1) is 5.92 Å². The second-order valence-corrected chi connectivity index (χ2v) is 9.81. The molecule has 0 spiro atoms. The van der Waals surface area contributed by atoms with Gasteiger partial charge in [0.15, 0.2) is 0 Å². The molecule has 1 saturated carbocycles. The molecule has 162 valence electrons. The lowest BCUT2D eigenvalue weighted by Crippen LogP contribution is -2.05. The minimum atomic E-state index is -4.26. The van der Waals surface area contributed by atoms with Crippen molar-refractivity contribution in [3.8, 4) is 0 Å². The quantitative estimate of drug-likeness (QED) is 0.183. The highest BCUT2D eigenvalue weighted by atomic mass is 31.2. The summed E-state index contributed by atoms with van der Waals surface area (Å²) in [6, 6.07) is 0. The van der Waals surface area contributed by atoms with Crippen LogP contribution in [0.15, 0.2) is 0 Å². The summed E-state index contributed by atoms with van der Waals surface area (Å²) in [4.78, 5) is 17.1. The van der Waals surface area contributed by atoms with E-state index >= 15 is 0 Å². The highest BCUT2D eigenvalue weighted by molar-refractivity contribution is 7.46. The van der Waals surface area contributed by atoms with Gasteiger partial charge in [-0.05, 0) is 12.3 Å². The summed E-state index contributed by atoms with van der Waals surface area (Å²) in [5, 5.41) is 0. The van der Waals surface area contributed by atoms with E-state index in [2.05, 4.69) is 4.52 Å². The average Bonchev–Trinajstić information content (AvgIpc) is 2.64. The lowest BCUT2D eigenvalue weighted by atomic mass is 9.85. The SMILES string of the molecule is O=P(O)(O)OCCCCCCCCCCCCCCCCC1CCCCC1. The molecule has 0 aromatic rings. The molecule has 0 saturated heterocycles. The fourth-order valence-corrected chi connectivity index (χ4v) is 4.68. The fourth-order valence-electron chi connectivity index (χ4n) is 4.32. The van der Waals surface area contributed by atoms with Crippen LogP contribution in [0.3, 0.4) is 0 Å². The summed E-state index contributed by atoms with van der Waals surface area (Å²) in [5.74, 6) is 1.06. The van der Waals surface area contributed by atoms with Crippen LogP contribution in [0.25, 0.3) is 0 Å². The van der Waals surface area contributed by atoms with Gasteiger partial charge in [0.05, 0.1) is 6.61 Å². The molecule has 1 fully saturated rings. The minimum Gasteiger partial charge on any atom is -0.303 e. The molecule has 4 nitrogen and oxygen atoms in total. The van der Waals surface area contributed by atoms with E-state index in [9.17, 15) is 4.57 Å². The van der Waals surface area contributed by atoms with E-state index in [4.69, 9.17) is 9.79 Å². The second-order valence-electron chi connectivity index (χ2n) is 8.57. The number of phosphoric acid groups is 1. The molecule has 2 N–H and O–H groups in total. The van der Waals surface area contributed by atoms with Crippen LogP contribution < -0.4 is 0 Å². The predicted molar refractivity (Wildman–Crippen MR) is 114 cm³/mol. The molecule has 0 aromatic carbocycles. The van der Waals surface area contributed by atoms with E-state index in [-0.39, 0.29) is 6.61 Å². The molecule has 0 radical (unpaired) electrons. The number of hydrogen-bond donors (Lipinski definition) is 2. The van der Waals surface area contributed by atoms with Crippen LogP contribution in [0.5, 0.6) is 0 Å². The van der Waals surface area contributed by atoms with Gasteiger partial charge in [-0.15, -0.1) is 0 Å². The van der Waals surface area contributed by atoms with Crippen molar-refractivity contribution in [3.05, 3.63) is 0 Å². The topological polar surface area (TPSA) is 66.8 Å². The van der Waals surface area contributed by atoms with Crippen molar-refractivity contribution >= 4 is 7.82 Å². The van der Waals surface area contributed by atoms with E-state index < -0.39 is 7.82 Å². The van der Waals surface area contributed by atoms with Crippen molar-refractivity contribution in [2.24, 2.45) is 5.92 Å². The third-order valence-corrected chi connectivity index (χ3v) is 6.51. The maximum Gasteiger partial charge on any atom is 0.469 e. The van der Waals surface area contributed by atoms with E-state index in [1.807, 2.05) is 0 Å². The first kappa shape index (κ1) is 25.1. The largest absolute Gasteiger partial charge is 0.469 e. The third kappa shape index (κ3) is 17.9. The van der Waals surface area contributed by atoms with E-state index in [0.29, 0.717) is 0 Å². The lowest BCUT2D eigenvalue weighted by Gasteiger charge is -2.21. The molecule has 27 heavy (non-hydrogen) atoms. The monoisotopic (exact) mass is 404 g/mol. The molecule has 1 aliphatic carbocycles. The zero-order chi connectivity index (χ0) is 19.6. The smallest absolute Gasteiger partial charge is 0.303 e. The van der Waals surface area contributed by atoms with Gasteiger partial charge in [0, 0.05) is 0 Å². The Hall–Kier alpha value is 0.110. The Balaban J connectivity index is 1.68. The van der Waals surface area contributed by atoms with Gasteiger partial charge in [0.25, 0.3) is 0 Å². The Morgan fingerprint density at radius 2 is 1.04 bits per heavy atom. The van der Waals surface area contributed by atoms with Crippen molar-refractivity contribution in [2.75, 3.05) is 6.61 Å². The summed E-state index contributed by atoms with van der Waals surface area (Å²) < 4.78 is 14.9. The van der Waals surface area contributed by atoms with Crippen LogP contribution in [-0.2, 0) is 9.09 Å². The Kier molecular flexibility index (Phi) is 15.8. The first-order chi connectivity index (χ1) is 13.1. The average molecular weight is 405 g/mol. The maximum atomic E-state index is 10.5. The molecule has 0 aromatic heterocycles. The van der Waals surface area contributed by atoms with Gasteiger partial charge in [-0.3, -0.25) is 4.52 Å². The molecule has 0 amide bonds. The highest BCUT2D eigenvalue weighted by Crippen LogP contribution is 2.35. The second kappa shape index (κ2) is 17.0. The Labute approximate surface area is 168 Å². The molecule has 0 aliphatic heterocycles. The number of unbranched alkanes of at least 4 members (excludes halogenated alkanes) is 13. The Bertz CT molecular complexity index is 363. The van der Waals surface area contributed by atoms with Gasteiger partial charge in [-0.25, -0.2) is 4.57 Å². The summed E-state index contributed by atoms with van der Waals surface area (Å²) in [7, 11) is -4.26. The normalized spacial score (nSPS) is 16.1. The number of phosphoric ester groups is 1. The third-order valence-electron chi connectivity index (χ3n) is 5.99. The Morgan fingerprint density at radius 1 is 0.630 bits per heavy atom.